The van der Waals surface area contributed by atoms with Gasteiger partial charge < -0.3 is 4.74 Å². The quantitative estimate of drug-likeness (QED) is 0.552. The van der Waals surface area contributed by atoms with Gasteiger partial charge in [-0.05, 0) is 41.3 Å². The van der Waals surface area contributed by atoms with Crippen molar-refractivity contribution in [1.82, 2.24) is 0 Å². The van der Waals surface area contributed by atoms with Gasteiger partial charge in [0, 0.05) is 5.56 Å². The summed E-state index contributed by atoms with van der Waals surface area (Å²) in [6, 6.07) is 19.3. The van der Waals surface area contributed by atoms with Crippen molar-refractivity contribution in [2.24, 2.45) is 0 Å². The molecular weight excluding hydrogens is 306 g/mol. The summed E-state index contributed by atoms with van der Waals surface area (Å²) in [6.07, 6.45) is 0.915. The smallest absolute Gasteiger partial charge is 0.167 e. The molecule has 0 bridgehead atoms. The van der Waals surface area contributed by atoms with Crippen molar-refractivity contribution in [1.29, 1.82) is 0 Å². The van der Waals surface area contributed by atoms with E-state index >= 15 is 0 Å². The van der Waals surface area contributed by atoms with Crippen LogP contribution in [0.1, 0.15) is 13.3 Å². The van der Waals surface area contributed by atoms with Gasteiger partial charge in [-0.25, -0.2) is 8.78 Å². The van der Waals surface area contributed by atoms with Crippen molar-refractivity contribution in [2.45, 2.75) is 13.3 Å². The highest BCUT2D eigenvalue weighted by molar-refractivity contribution is 5.84. The highest BCUT2D eigenvalue weighted by Crippen LogP contribution is 2.36. The minimum atomic E-state index is -0.851. The Hall–Kier alpha value is -2.68. The van der Waals surface area contributed by atoms with Gasteiger partial charge in [0.25, 0.3) is 0 Å². The monoisotopic (exact) mass is 324 g/mol. The molecule has 0 aromatic heterocycles. The Balaban J connectivity index is 2.08. The van der Waals surface area contributed by atoms with E-state index in [-0.39, 0.29) is 5.56 Å². The van der Waals surface area contributed by atoms with Gasteiger partial charge in [0.2, 0.25) is 0 Å². The van der Waals surface area contributed by atoms with E-state index in [1.54, 1.807) is 30.3 Å². The Morgan fingerprint density at radius 3 is 2.17 bits per heavy atom. The van der Waals surface area contributed by atoms with Crippen LogP contribution in [0.5, 0.6) is 5.75 Å². The van der Waals surface area contributed by atoms with Crippen LogP contribution in [-0.4, -0.2) is 6.61 Å². The average molecular weight is 324 g/mol. The van der Waals surface area contributed by atoms with E-state index in [0.717, 1.165) is 17.7 Å². The van der Waals surface area contributed by atoms with Crippen molar-refractivity contribution in [3.8, 4) is 28.0 Å². The molecule has 0 amide bonds. The number of benzene rings is 3. The molecule has 3 aromatic rings. The lowest BCUT2D eigenvalue weighted by Crippen LogP contribution is -1.96. The zero-order valence-corrected chi connectivity index (χ0v) is 13.4. The third kappa shape index (κ3) is 3.30. The Bertz CT molecular complexity index is 811. The molecule has 0 fully saturated rings. The summed E-state index contributed by atoms with van der Waals surface area (Å²) in [4.78, 5) is 0. The third-order valence-corrected chi connectivity index (χ3v) is 3.80. The summed E-state index contributed by atoms with van der Waals surface area (Å²) in [5.74, 6) is -0.965. The van der Waals surface area contributed by atoms with Crippen LogP contribution in [0, 0.1) is 11.6 Å². The van der Waals surface area contributed by atoms with Crippen molar-refractivity contribution in [3.05, 3.63) is 78.4 Å². The van der Waals surface area contributed by atoms with Crippen LogP contribution in [-0.2, 0) is 0 Å². The summed E-state index contributed by atoms with van der Waals surface area (Å²) >= 11 is 0. The molecule has 0 aliphatic heterocycles. The minimum absolute atomic E-state index is 0.267. The molecule has 3 heteroatoms. The van der Waals surface area contributed by atoms with Crippen LogP contribution in [0.25, 0.3) is 22.3 Å². The Morgan fingerprint density at radius 2 is 1.50 bits per heavy atom. The van der Waals surface area contributed by atoms with Gasteiger partial charge in [0.05, 0.1) is 6.61 Å². The van der Waals surface area contributed by atoms with Crippen LogP contribution in [0.2, 0.25) is 0 Å². The van der Waals surface area contributed by atoms with Crippen LogP contribution < -0.4 is 4.74 Å². The Kier molecular flexibility index (Phi) is 4.90. The van der Waals surface area contributed by atoms with Crippen LogP contribution >= 0.6 is 0 Å². The molecule has 0 N–H and O–H groups in total. The second kappa shape index (κ2) is 7.26. The molecule has 0 radical (unpaired) electrons. The molecule has 1 nitrogen and oxygen atoms in total. The molecule has 3 rings (SSSR count). The number of rotatable bonds is 5. The van der Waals surface area contributed by atoms with Gasteiger partial charge in [-0.1, -0.05) is 55.5 Å². The zero-order chi connectivity index (χ0) is 16.9. The normalized spacial score (nSPS) is 10.6. The number of hydrogen-bond acceptors (Lipinski definition) is 1. The molecule has 0 aliphatic carbocycles. The second-order valence-electron chi connectivity index (χ2n) is 5.52. The van der Waals surface area contributed by atoms with E-state index in [2.05, 4.69) is 0 Å². The third-order valence-electron chi connectivity index (χ3n) is 3.80. The molecule has 0 saturated heterocycles. The lowest BCUT2D eigenvalue weighted by atomic mass is 9.94. The maximum Gasteiger partial charge on any atom is 0.167 e. The molecule has 0 aliphatic rings. The van der Waals surface area contributed by atoms with Crippen LogP contribution in [0.15, 0.2) is 66.7 Å². The average Bonchev–Trinajstić information content (AvgIpc) is 2.63. The molecule has 0 unspecified atom stereocenters. The van der Waals surface area contributed by atoms with Crippen molar-refractivity contribution in [2.75, 3.05) is 6.61 Å². The predicted octanol–water partition coefficient (Wildman–Crippen LogP) is 6.09. The highest BCUT2D eigenvalue weighted by atomic mass is 19.2. The van der Waals surface area contributed by atoms with Gasteiger partial charge in [-0.3, -0.25) is 0 Å². The minimum Gasteiger partial charge on any atom is -0.494 e. The summed E-state index contributed by atoms with van der Waals surface area (Å²) in [7, 11) is 0. The molecular formula is C21H18F2O. The van der Waals surface area contributed by atoms with Gasteiger partial charge >= 0.3 is 0 Å². The van der Waals surface area contributed by atoms with E-state index in [1.807, 2.05) is 37.3 Å². The first-order valence-corrected chi connectivity index (χ1v) is 7.97. The zero-order valence-electron chi connectivity index (χ0n) is 13.4. The molecule has 0 atom stereocenters. The molecule has 0 spiro atoms. The second-order valence-corrected chi connectivity index (χ2v) is 5.52. The largest absolute Gasteiger partial charge is 0.494 e. The molecule has 122 valence electrons. The van der Waals surface area contributed by atoms with Gasteiger partial charge in [0.15, 0.2) is 11.6 Å². The van der Waals surface area contributed by atoms with Crippen molar-refractivity contribution in [3.63, 3.8) is 0 Å². The fraction of sp³-hybridized carbons (Fsp3) is 0.143. The fourth-order valence-corrected chi connectivity index (χ4v) is 2.63. The molecule has 0 saturated carbocycles. The summed E-state index contributed by atoms with van der Waals surface area (Å²) in [6.45, 7) is 2.66. The first-order chi connectivity index (χ1) is 11.7. The van der Waals surface area contributed by atoms with Crippen molar-refractivity contribution < 1.29 is 13.5 Å². The van der Waals surface area contributed by atoms with E-state index < -0.39 is 11.6 Å². The maximum absolute atomic E-state index is 14.5. The Morgan fingerprint density at radius 1 is 0.792 bits per heavy atom. The maximum atomic E-state index is 14.5. The predicted molar refractivity (Wildman–Crippen MR) is 93.0 cm³/mol. The highest BCUT2D eigenvalue weighted by Gasteiger charge is 2.16. The van der Waals surface area contributed by atoms with E-state index in [4.69, 9.17) is 4.74 Å². The van der Waals surface area contributed by atoms with E-state index in [0.29, 0.717) is 17.7 Å². The molecule has 24 heavy (non-hydrogen) atoms. The summed E-state index contributed by atoms with van der Waals surface area (Å²) in [5, 5.41) is 0. The van der Waals surface area contributed by atoms with Crippen LogP contribution in [0.3, 0.4) is 0 Å². The topological polar surface area (TPSA) is 9.23 Å². The Labute approximate surface area is 140 Å². The summed E-state index contributed by atoms with van der Waals surface area (Å²) < 4.78 is 33.9. The van der Waals surface area contributed by atoms with Crippen molar-refractivity contribution >= 4 is 0 Å². The first-order valence-electron chi connectivity index (χ1n) is 7.97. The molecule has 0 heterocycles. The summed E-state index contributed by atoms with van der Waals surface area (Å²) in [5.41, 5.74) is 2.40. The van der Waals surface area contributed by atoms with Gasteiger partial charge in [0.1, 0.15) is 5.75 Å². The van der Waals surface area contributed by atoms with Crippen LogP contribution in [0.4, 0.5) is 8.78 Å². The number of hydrogen-bond donors (Lipinski definition) is 0. The lowest BCUT2D eigenvalue weighted by molar-refractivity contribution is 0.317. The SMILES string of the molecule is CCCOc1ccc(-c2c(-c3ccccc3)ccc(F)c2F)cc1. The fourth-order valence-electron chi connectivity index (χ4n) is 2.63. The lowest BCUT2D eigenvalue weighted by Gasteiger charge is -2.13. The standard InChI is InChI=1S/C21H18F2O/c1-2-14-24-17-10-8-16(9-11-17)20-18(12-13-19(22)21(20)23)15-6-4-3-5-7-15/h3-13H,2,14H2,1H3. The van der Waals surface area contributed by atoms with Gasteiger partial charge in [-0.15, -0.1) is 0 Å². The molecule has 3 aromatic carbocycles. The first kappa shape index (κ1) is 16.2. The van der Waals surface area contributed by atoms with Gasteiger partial charge in [-0.2, -0.15) is 0 Å². The number of halogens is 2. The number of ether oxygens (including phenoxy) is 1. The van der Waals surface area contributed by atoms with E-state index in [9.17, 15) is 8.78 Å². The van der Waals surface area contributed by atoms with E-state index in [1.165, 1.54) is 6.07 Å².